The van der Waals surface area contributed by atoms with Gasteiger partial charge in [-0.3, -0.25) is 14.3 Å². The summed E-state index contributed by atoms with van der Waals surface area (Å²) in [4.78, 5) is 28.7. The molecule has 2 atom stereocenters. The third-order valence-electron chi connectivity index (χ3n) is 5.06. The first kappa shape index (κ1) is 13.8. The lowest BCUT2D eigenvalue weighted by molar-refractivity contribution is -0.179. The molecule has 3 fully saturated rings. The van der Waals surface area contributed by atoms with Crippen molar-refractivity contribution in [1.29, 1.82) is 0 Å². The molecule has 0 N–H and O–H groups in total. The van der Waals surface area contributed by atoms with Crippen molar-refractivity contribution in [3.8, 4) is 0 Å². The molecule has 22 heavy (non-hydrogen) atoms. The van der Waals surface area contributed by atoms with E-state index in [4.69, 9.17) is 4.74 Å². The fourth-order valence-electron chi connectivity index (χ4n) is 3.99. The minimum Gasteiger partial charge on any atom is -0.353 e. The monoisotopic (exact) mass is 304 g/mol. The summed E-state index contributed by atoms with van der Waals surface area (Å²) in [6.07, 6.45) is 3.74. The summed E-state index contributed by atoms with van der Waals surface area (Å²) in [6, 6.07) is 1.56. The van der Waals surface area contributed by atoms with Crippen LogP contribution in [0.15, 0.2) is 12.3 Å². The van der Waals surface area contributed by atoms with E-state index in [1.807, 2.05) is 18.0 Å². The van der Waals surface area contributed by atoms with Gasteiger partial charge in [0.15, 0.2) is 5.72 Å². The van der Waals surface area contributed by atoms with E-state index in [2.05, 4.69) is 5.10 Å². The normalized spacial score (nSPS) is 30.6. The number of carbonyl (C=O) groups excluding carboxylic acids is 2. The highest BCUT2D eigenvalue weighted by molar-refractivity contribution is 5.94. The molecule has 0 aliphatic carbocycles. The Labute approximate surface area is 128 Å². The van der Waals surface area contributed by atoms with Crippen LogP contribution in [0.2, 0.25) is 0 Å². The second-order valence-electron chi connectivity index (χ2n) is 6.12. The molecule has 0 saturated carbocycles. The number of hydrogen-bond donors (Lipinski definition) is 0. The largest absolute Gasteiger partial charge is 0.353 e. The second-order valence-corrected chi connectivity index (χ2v) is 6.12. The summed E-state index contributed by atoms with van der Waals surface area (Å²) in [7, 11) is 0. The fourth-order valence-corrected chi connectivity index (χ4v) is 3.99. The molecule has 4 heterocycles. The predicted octanol–water partition coefficient (Wildman–Crippen LogP) is 0.466. The number of aryl methyl sites for hydroxylation is 1. The molecule has 2 amide bonds. The highest BCUT2D eigenvalue weighted by Gasteiger charge is 2.61. The number of nitrogens with zero attached hydrogens (tertiary/aromatic N) is 4. The van der Waals surface area contributed by atoms with Gasteiger partial charge in [0.1, 0.15) is 5.69 Å². The van der Waals surface area contributed by atoms with Gasteiger partial charge in [-0.05, 0) is 19.4 Å². The zero-order valence-electron chi connectivity index (χ0n) is 12.7. The highest BCUT2D eigenvalue weighted by Crippen LogP contribution is 2.45. The smallest absolute Gasteiger partial charge is 0.274 e. The molecular formula is C15H20N4O3. The van der Waals surface area contributed by atoms with Crippen LogP contribution in [0.5, 0.6) is 0 Å². The van der Waals surface area contributed by atoms with Gasteiger partial charge in [-0.2, -0.15) is 5.10 Å². The SMILES string of the molecule is CCn1ccc(C(=O)N2CC[C@@]34OCCCN3C(=O)C[C@@H]24)n1. The Kier molecular flexibility index (Phi) is 3.00. The van der Waals surface area contributed by atoms with Crippen LogP contribution in [0.25, 0.3) is 0 Å². The molecule has 0 unspecified atom stereocenters. The van der Waals surface area contributed by atoms with Crippen LogP contribution in [0, 0.1) is 0 Å². The van der Waals surface area contributed by atoms with Crippen LogP contribution in [-0.2, 0) is 16.1 Å². The zero-order valence-corrected chi connectivity index (χ0v) is 12.7. The molecule has 0 radical (unpaired) electrons. The third-order valence-corrected chi connectivity index (χ3v) is 5.06. The Morgan fingerprint density at radius 3 is 3.14 bits per heavy atom. The number of ether oxygens (including phenoxy) is 1. The minimum absolute atomic E-state index is 0.0984. The molecule has 7 heteroatoms. The van der Waals surface area contributed by atoms with Crippen LogP contribution in [0.3, 0.4) is 0 Å². The van der Waals surface area contributed by atoms with Crippen LogP contribution in [0.1, 0.15) is 36.7 Å². The predicted molar refractivity (Wildman–Crippen MR) is 77.0 cm³/mol. The molecule has 0 aromatic carbocycles. The Morgan fingerprint density at radius 2 is 2.36 bits per heavy atom. The summed E-state index contributed by atoms with van der Waals surface area (Å²) in [5, 5.41) is 4.29. The van der Waals surface area contributed by atoms with E-state index in [0.717, 1.165) is 19.5 Å². The second kappa shape index (κ2) is 4.81. The van der Waals surface area contributed by atoms with Gasteiger partial charge in [0, 0.05) is 32.3 Å². The van der Waals surface area contributed by atoms with Gasteiger partial charge < -0.3 is 14.5 Å². The van der Waals surface area contributed by atoms with Crippen molar-refractivity contribution in [1.82, 2.24) is 19.6 Å². The van der Waals surface area contributed by atoms with E-state index in [1.54, 1.807) is 15.6 Å². The molecule has 118 valence electrons. The Morgan fingerprint density at radius 1 is 1.50 bits per heavy atom. The Hall–Kier alpha value is -1.89. The van der Waals surface area contributed by atoms with E-state index in [0.29, 0.717) is 31.7 Å². The van der Waals surface area contributed by atoms with Crippen molar-refractivity contribution < 1.29 is 14.3 Å². The maximum atomic E-state index is 12.8. The lowest BCUT2D eigenvalue weighted by atomic mass is 10.0. The third kappa shape index (κ3) is 1.75. The minimum atomic E-state index is -0.585. The van der Waals surface area contributed by atoms with Crippen LogP contribution in [0.4, 0.5) is 0 Å². The number of likely N-dealkylation sites (tertiary alicyclic amines) is 1. The van der Waals surface area contributed by atoms with Crippen molar-refractivity contribution in [3.05, 3.63) is 18.0 Å². The average molecular weight is 304 g/mol. The number of carbonyl (C=O) groups is 2. The van der Waals surface area contributed by atoms with E-state index >= 15 is 0 Å². The number of rotatable bonds is 2. The van der Waals surface area contributed by atoms with Crippen molar-refractivity contribution in [3.63, 3.8) is 0 Å². The van der Waals surface area contributed by atoms with Crippen LogP contribution >= 0.6 is 0 Å². The van der Waals surface area contributed by atoms with Gasteiger partial charge in [-0.15, -0.1) is 0 Å². The average Bonchev–Trinajstić information content (AvgIpc) is 3.19. The molecule has 1 spiro atoms. The first-order valence-corrected chi connectivity index (χ1v) is 7.94. The summed E-state index contributed by atoms with van der Waals surface area (Å²) < 4.78 is 7.75. The standard InChI is InChI=1S/C15H20N4O3/c1-2-17-7-4-11(16-17)14(21)18-8-5-15-12(18)10-13(20)19(15)6-3-9-22-15/h4,7,12H,2-3,5-6,8-10H2,1H3/t12-,15+/m1/s1. The van der Waals surface area contributed by atoms with E-state index in [9.17, 15) is 9.59 Å². The molecule has 3 saturated heterocycles. The molecule has 0 bridgehead atoms. The quantitative estimate of drug-likeness (QED) is 0.796. The summed E-state index contributed by atoms with van der Waals surface area (Å²) >= 11 is 0. The molecule has 3 aliphatic heterocycles. The molecule has 1 aromatic rings. The maximum Gasteiger partial charge on any atom is 0.274 e. The van der Waals surface area contributed by atoms with Crippen LogP contribution < -0.4 is 0 Å². The lowest BCUT2D eigenvalue weighted by Gasteiger charge is -2.42. The summed E-state index contributed by atoms with van der Waals surface area (Å²) in [5.74, 6) is -0.000754. The maximum absolute atomic E-state index is 12.8. The fraction of sp³-hybridized carbons (Fsp3) is 0.667. The van der Waals surface area contributed by atoms with Crippen molar-refractivity contribution in [2.24, 2.45) is 0 Å². The van der Waals surface area contributed by atoms with Gasteiger partial charge in [-0.1, -0.05) is 0 Å². The molecule has 1 aromatic heterocycles. The summed E-state index contributed by atoms with van der Waals surface area (Å²) in [5.41, 5.74) is -0.140. The molecule has 7 nitrogen and oxygen atoms in total. The van der Waals surface area contributed by atoms with Gasteiger partial charge in [0.2, 0.25) is 5.91 Å². The summed E-state index contributed by atoms with van der Waals surface area (Å²) in [6.45, 7) is 4.73. The first-order chi connectivity index (χ1) is 10.7. The van der Waals surface area contributed by atoms with Gasteiger partial charge in [-0.25, -0.2) is 0 Å². The molecule has 3 aliphatic rings. The highest BCUT2D eigenvalue weighted by atomic mass is 16.5. The molecule has 4 rings (SSSR count). The van der Waals surface area contributed by atoms with E-state index < -0.39 is 5.72 Å². The number of amides is 2. The number of aromatic nitrogens is 2. The zero-order chi connectivity index (χ0) is 15.3. The number of hydrogen-bond acceptors (Lipinski definition) is 4. The van der Waals surface area contributed by atoms with Gasteiger partial charge in [0.05, 0.1) is 19.1 Å². The topological polar surface area (TPSA) is 67.7 Å². The van der Waals surface area contributed by atoms with Crippen molar-refractivity contribution in [2.75, 3.05) is 19.7 Å². The van der Waals surface area contributed by atoms with E-state index in [1.165, 1.54) is 0 Å². The van der Waals surface area contributed by atoms with Crippen molar-refractivity contribution >= 4 is 11.8 Å². The van der Waals surface area contributed by atoms with Crippen LogP contribution in [-0.4, -0.2) is 62.9 Å². The Balaban J connectivity index is 1.62. The first-order valence-electron chi connectivity index (χ1n) is 7.94. The van der Waals surface area contributed by atoms with Gasteiger partial charge >= 0.3 is 0 Å². The Bertz CT molecular complexity index is 628. The van der Waals surface area contributed by atoms with Gasteiger partial charge in [0.25, 0.3) is 5.91 Å². The lowest BCUT2D eigenvalue weighted by Crippen LogP contribution is -2.56. The van der Waals surface area contributed by atoms with E-state index in [-0.39, 0.29) is 17.9 Å². The molecular weight excluding hydrogens is 284 g/mol. The van der Waals surface area contributed by atoms with Crippen molar-refractivity contribution in [2.45, 2.75) is 44.5 Å².